The fraction of sp³-hybridized carbons (Fsp3) is 0.600. The lowest BCUT2D eigenvalue weighted by Crippen LogP contribution is -2.34. The van der Waals surface area contributed by atoms with E-state index in [-0.39, 0.29) is 17.8 Å². The van der Waals surface area contributed by atoms with Crippen molar-refractivity contribution in [3.63, 3.8) is 0 Å². The van der Waals surface area contributed by atoms with E-state index in [1.54, 1.807) is 0 Å². The molecule has 1 amide bonds. The van der Waals surface area contributed by atoms with Gasteiger partial charge in [-0.05, 0) is 24.4 Å². The van der Waals surface area contributed by atoms with Gasteiger partial charge in [0.2, 0.25) is 23.1 Å². The molecule has 19 heavy (non-hydrogen) atoms. The van der Waals surface area contributed by atoms with Crippen molar-refractivity contribution < 1.29 is 9.90 Å². The number of carbonyl (C=O) groups is 1. The summed E-state index contributed by atoms with van der Waals surface area (Å²) in [5.74, 6) is -0.108. The van der Waals surface area contributed by atoms with Crippen molar-refractivity contribution in [1.29, 1.82) is 0 Å². The normalized spacial score (nSPS) is 16.4. The van der Waals surface area contributed by atoms with E-state index in [2.05, 4.69) is 20.3 Å². The summed E-state index contributed by atoms with van der Waals surface area (Å²) in [5, 5.41) is 12.1. The van der Waals surface area contributed by atoms with Crippen molar-refractivity contribution >= 4 is 29.4 Å². The Bertz CT molecular complexity index is 465. The monoisotopic (exact) mass is 286 g/mol. The molecule has 4 N–H and O–H groups in total. The van der Waals surface area contributed by atoms with E-state index >= 15 is 0 Å². The average molecular weight is 287 g/mol. The third-order valence-corrected chi connectivity index (χ3v) is 2.94. The van der Waals surface area contributed by atoms with Crippen LogP contribution in [0, 0.1) is 0 Å². The fourth-order valence-electron chi connectivity index (χ4n) is 1.77. The number of amides is 1. The zero-order chi connectivity index (χ0) is 13.8. The van der Waals surface area contributed by atoms with E-state index in [9.17, 15) is 9.90 Å². The van der Waals surface area contributed by atoms with Crippen molar-refractivity contribution in [1.82, 2.24) is 15.0 Å². The van der Waals surface area contributed by atoms with Gasteiger partial charge < -0.3 is 21.1 Å². The lowest BCUT2D eigenvalue weighted by atomic mass is 10.3. The van der Waals surface area contributed by atoms with Gasteiger partial charge in [0.15, 0.2) is 0 Å². The molecular weight excluding hydrogens is 272 g/mol. The van der Waals surface area contributed by atoms with Crippen LogP contribution in [0.5, 0.6) is 0 Å². The zero-order valence-electron chi connectivity index (χ0n) is 10.2. The highest BCUT2D eigenvalue weighted by atomic mass is 35.5. The molecule has 0 radical (unpaired) electrons. The molecule has 0 saturated carbocycles. The smallest absolute Gasteiger partial charge is 0.248 e. The Labute approximate surface area is 115 Å². The van der Waals surface area contributed by atoms with E-state index in [4.69, 9.17) is 17.3 Å². The molecule has 2 rings (SSSR count). The van der Waals surface area contributed by atoms with Crippen molar-refractivity contribution in [2.45, 2.75) is 18.9 Å². The molecule has 0 spiro atoms. The molecule has 1 aliphatic heterocycles. The molecule has 1 fully saturated rings. The number of hydrogen-bond donors (Lipinski definition) is 3. The zero-order valence-corrected chi connectivity index (χ0v) is 11.0. The average Bonchev–Trinajstić information content (AvgIpc) is 2.89. The van der Waals surface area contributed by atoms with Crippen LogP contribution in [0.2, 0.25) is 5.28 Å². The van der Waals surface area contributed by atoms with E-state index in [0.717, 1.165) is 25.9 Å². The molecule has 1 aromatic heterocycles. The molecule has 8 nitrogen and oxygen atoms in total. The summed E-state index contributed by atoms with van der Waals surface area (Å²) < 4.78 is 0. The maximum absolute atomic E-state index is 10.7. The maximum atomic E-state index is 10.7. The molecule has 1 aromatic rings. The third kappa shape index (κ3) is 3.65. The molecule has 104 valence electrons. The first-order chi connectivity index (χ1) is 9.06. The largest absolute Gasteiger partial charge is 0.381 e. The highest BCUT2D eigenvalue weighted by molar-refractivity contribution is 6.28. The molecule has 0 aromatic carbocycles. The summed E-state index contributed by atoms with van der Waals surface area (Å²) in [5.41, 5.74) is 4.94. The number of nitrogens with zero attached hydrogens (tertiary/aromatic N) is 4. The SMILES string of the molecule is NC(=O)C(O)CNc1nc(Cl)nc(N2CCCC2)n1. The number of aromatic nitrogens is 3. The van der Waals surface area contributed by atoms with Crippen LogP contribution in [0.15, 0.2) is 0 Å². The minimum atomic E-state index is -1.30. The first-order valence-corrected chi connectivity index (χ1v) is 6.32. The molecule has 9 heteroatoms. The number of nitrogens with one attached hydrogen (secondary N) is 1. The molecule has 1 aliphatic rings. The molecule has 0 aliphatic carbocycles. The van der Waals surface area contributed by atoms with Gasteiger partial charge in [-0.2, -0.15) is 15.0 Å². The summed E-state index contributed by atoms with van der Waals surface area (Å²) in [7, 11) is 0. The number of halogens is 1. The predicted octanol–water partition coefficient (Wildman–Crippen LogP) is -0.617. The van der Waals surface area contributed by atoms with E-state index in [0.29, 0.717) is 5.95 Å². The first-order valence-electron chi connectivity index (χ1n) is 5.94. The lowest BCUT2D eigenvalue weighted by Gasteiger charge is -2.16. The van der Waals surface area contributed by atoms with Crippen LogP contribution < -0.4 is 16.0 Å². The van der Waals surface area contributed by atoms with Crippen molar-refractivity contribution in [2.75, 3.05) is 29.9 Å². The van der Waals surface area contributed by atoms with E-state index in [1.807, 2.05) is 4.90 Å². The van der Waals surface area contributed by atoms with Crippen LogP contribution in [0.4, 0.5) is 11.9 Å². The number of rotatable bonds is 5. The minimum Gasteiger partial charge on any atom is -0.381 e. The molecule has 1 saturated heterocycles. The van der Waals surface area contributed by atoms with Gasteiger partial charge in [-0.3, -0.25) is 4.79 Å². The third-order valence-electron chi connectivity index (χ3n) is 2.77. The Morgan fingerprint density at radius 2 is 2.11 bits per heavy atom. The molecule has 2 heterocycles. The Morgan fingerprint density at radius 1 is 1.42 bits per heavy atom. The number of hydrogen-bond acceptors (Lipinski definition) is 7. The van der Waals surface area contributed by atoms with Gasteiger partial charge in [0.05, 0.1) is 6.54 Å². The van der Waals surface area contributed by atoms with Crippen LogP contribution in [-0.2, 0) is 4.79 Å². The van der Waals surface area contributed by atoms with Crippen molar-refractivity contribution in [3.8, 4) is 0 Å². The number of aliphatic hydroxyl groups is 1. The fourth-order valence-corrected chi connectivity index (χ4v) is 1.92. The molecule has 1 atom stereocenters. The number of aliphatic hydroxyl groups excluding tert-OH is 1. The Morgan fingerprint density at radius 3 is 2.74 bits per heavy atom. The number of nitrogens with two attached hydrogens (primary N) is 1. The topological polar surface area (TPSA) is 117 Å². The predicted molar refractivity (Wildman–Crippen MR) is 70.0 cm³/mol. The van der Waals surface area contributed by atoms with Crippen LogP contribution in [0.1, 0.15) is 12.8 Å². The second kappa shape index (κ2) is 5.98. The second-order valence-electron chi connectivity index (χ2n) is 4.22. The molecular formula is C10H15ClN6O2. The summed E-state index contributed by atoms with van der Waals surface area (Å²) >= 11 is 5.82. The van der Waals surface area contributed by atoms with Crippen molar-refractivity contribution in [2.24, 2.45) is 5.73 Å². The summed E-state index contributed by atoms with van der Waals surface area (Å²) in [6, 6.07) is 0. The molecule has 0 bridgehead atoms. The second-order valence-corrected chi connectivity index (χ2v) is 4.56. The maximum Gasteiger partial charge on any atom is 0.248 e. The van der Waals surface area contributed by atoms with Crippen LogP contribution in [0.3, 0.4) is 0 Å². The van der Waals surface area contributed by atoms with Gasteiger partial charge in [0.25, 0.3) is 0 Å². The van der Waals surface area contributed by atoms with Gasteiger partial charge in [-0.1, -0.05) is 0 Å². The standard InChI is InChI=1S/C10H15ClN6O2/c11-8-14-9(13-5-6(18)7(12)19)16-10(15-8)17-3-1-2-4-17/h6,18H,1-5H2,(H2,12,19)(H,13,14,15,16). The quantitative estimate of drug-likeness (QED) is 0.660. The Kier molecular flexibility index (Phi) is 4.33. The Balaban J connectivity index is 2.06. The minimum absolute atomic E-state index is 0.0629. The summed E-state index contributed by atoms with van der Waals surface area (Å²) in [6.07, 6.45) is 0.879. The van der Waals surface area contributed by atoms with E-state index in [1.165, 1.54) is 0 Å². The number of carbonyl (C=O) groups excluding carboxylic acids is 1. The van der Waals surface area contributed by atoms with Crippen LogP contribution in [0.25, 0.3) is 0 Å². The van der Waals surface area contributed by atoms with Gasteiger partial charge in [-0.15, -0.1) is 0 Å². The van der Waals surface area contributed by atoms with Gasteiger partial charge in [-0.25, -0.2) is 0 Å². The van der Waals surface area contributed by atoms with E-state index < -0.39 is 12.0 Å². The molecule has 1 unspecified atom stereocenters. The summed E-state index contributed by atoms with van der Waals surface area (Å²) in [6.45, 7) is 1.68. The highest BCUT2D eigenvalue weighted by Gasteiger charge is 2.17. The lowest BCUT2D eigenvalue weighted by molar-refractivity contribution is -0.125. The number of anilines is 2. The Hall–Kier alpha value is -1.67. The van der Waals surface area contributed by atoms with Crippen molar-refractivity contribution in [3.05, 3.63) is 5.28 Å². The van der Waals surface area contributed by atoms with Gasteiger partial charge in [0, 0.05) is 13.1 Å². The first kappa shape index (κ1) is 13.8. The van der Waals surface area contributed by atoms with Gasteiger partial charge >= 0.3 is 0 Å². The summed E-state index contributed by atoms with van der Waals surface area (Å²) in [4.78, 5) is 24.8. The van der Waals surface area contributed by atoms with Crippen LogP contribution in [-0.4, -0.2) is 51.7 Å². The van der Waals surface area contributed by atoms with Gasteiger partial charge in [0.1, 0.15) is 6.10 Å². The highest BCUT2D eigenvalue weighted by Crippen LogP contribution is 2.18. The number of primary amides is 1. The van der Waals surface area contributed by atoms with Crippen LogP contribution >= 0.6 is 11.6 Å².